The number of anilines is 2. The van der Waals surface area contributed by atoms with Gasteiger partial charge in [-0.1, -0.05) is 25.8 Å². The van der Waals surface area contributed by atoms with Gasteiger partial charge in [-0.25, -0.2) is 0 Å². The Morgan fingerprint density at radius 3 is 2.64 bits per heavy atom. The van der Waals surface area contributed by atoms with E-state index in [0.29, 0.717) is 6.42 Å². The van der Waals surface area contributed by atoms with Gasteiger partial charge in [0.25, 0.3) is 0 Å². The van der Waals surface area contributed by atoms with Gasteiger partial charge in [-0.15, -0.1) is 0 Å². The maximum absolute atomic E-state index is 11.7. The van der Waals surface area contributed by atoms with E-state index in [0.717, 1.165) is 30.6 Å². The Hall–Kier alpha value is -1.95. The quantitative estimate of drug-likeness (QED) is 0.624. The van der Waals surface area contributed by atoms with Gasteiger partial charge in [-0.3, -0.25) is 9.59 Å². The highest BCUT2D eigenvalue weighted by Crippen LogP contribution is 2.18. The SMILES string of the molecule is CCCCCC(=O)NC(=S)Nc1cccc(N(C)C(C)=O)c1. The fraction of sp³-hybridized carbons (Fsp3) is 0.438. The Morgan fingerprint density at radius 1 is 1.27 bits per heavy atom. The second-order valence-corrected chi connectivity index (χ2v) is 5.50. The molecule has 0 fully saturated rings. The lowest BCUT2D eigenvalue weighted by atomic mass is 10.2. The van der Waals surface area contributed by atoms with E-state index in [1.807, 2.05) is 18.2 Å². The second kappa shape index (κ2) is 9.15. The summed E-state index contributed by atoms with van der Waals surface area (Å²) in [6.07, 6.45) is 3.45. The first-order valence-electron chi connectivity index (χ1n) is 7.39. The molecule has 120 valence electrons. The van der Waals surface area contributed by atoms with Crippen molar-refractivity contribution in [2.75, 3.05) is 17.3 Å². The van der Waals surface area contributed by atoms with Gasteiger partial charge in [0.05, 0.1) is 0 Å². The topological polar surface area (TPSA) is 61.4 Å². The molecule has 1 aromatic rings. The minimum Gasteiger partial charge on any atom is -0.332 e. The second-order valence-electron chi connectivity index (χ2n) is 5.09. The average Bonchev–Trinajstić information content (AvgIpc) is 2.46. The largest absolute Gasteiger partial charge is 0.332 e. The summed E-state index contributed by atoms with van der Waals surface area (Å²) < 4.78 is 0. The Kier molecular flexibility index (Phi) is 7.52. The number of thiocarbonyl (C=S) groups is 1. The summed E-state index contributed by atoms with van der Waals surface area (Å²) in [6, 6.07) is 7.28. The lowest BCUT2D eigenvalue weighted by molar-refractivity contribution is -0.119. The smallest absolute Gasteiger partial charge is 0.226 e. The van der Waals surface area contributed by atoms with E-state index in [9.17, 15) is 9.59 Å². The molecule has 22 heavy (non-hydrogen) atoms. The minimum absolute atomic E-state index is 0.0519. The fourth-order valence-corrected chi connectivity index (χ4v) is 2.09. The van der Waals surface area contributed by atoms with Crippen molar-refractivity contribution in [3.8, 4) is 0 Å². The molecule has 0 aliphatic carbocycles. The van der Waals surface area contributed by atoms with Crippen molar-refractivity contribution < 1.29 is 9.59 Å². The number of carbonyl (C=O) groups is 2. The molecule has 0 radical (unpaired) electrons. The number of amides is 2. The summed E-state index contributed by atoms with van der Waals surface area (Å²) in [5, 5.41) is 5.89. The number of carbonyl (C=O) groups excluding carboxylic acids is 2. The van der Waals surface area contributed by atoms with Crippen LogP contribution in [0.3, 0.4) is 0 Å². The van der Waals surface area contributed by atoms with E-state index in [-0.39, 0.29) is 16.9 Å². The van der Waals surface area contributed by atoms with Crippen LogP contribution < -0.4 is 15.5 Å². The molecule has 0 unspecified atom stereocenters. The maximum atomic E-state index is 11.7. The molecule has 0 atom stereocenters. The lowest BCUT2D eigenvalue weighted by Crippen LogP contribution is -2.34. The number of nitrogens with one attached hydrogen (secondary N) is 2. The number of nitrogens with zero attached hydrogens (tertiary/aromatic N) is 1. The molecule has 5 nitrogen and oxygen atoms in total. The van der Waals surface area contributed by atoms with Crippen molar-refractivity contribution in [3.05, 3.63) is 24.3 Å². The molecule has 0 aromatic heterocycles. The number of hydrogen-bond acceptors (Lipinski definition) is 3. The Labute approximate surface area is 137 Å². The van der Waals surface area contributed by atoms with Crippen LogP contribution >= 0.6 is 12.2 Å². The monoisotopic (exact) mass is 321 g/mol. The summed E-state index contributed by atoms with van der Waals surface area (Å²) in [7, 11) is 1.70. The molecule has 2 N–H and O–H groups in total. The maximum Gasteiger partial charge on any atom is 0.226 e. The third-order valence-corrected chi connectivity index (χ3v) is 3.43. The van der Waals surface area contributed by atoms with E-state index < -0.39 is 0 Å². The molecule has 0 aliphatic heterocycles. The highest BCUT2D eigenvalue weighted by atomic mass is 32.1. The molecule has 1 aromatic carbocycles. The van der Waals surface area contributed by atoms with E-state index in [1.165, 1.54) is 11.8 Å². The van der Waals surface area contributed by atoms with Gasteiger partial charge >= 0.3 is 0 Å². The minimum atomic E-state index is -0.0806. The van der Waals surface area contributed by atoms with Crippen molar-refractivity contribution in [1.82, 2.24) is 5.32 Å². The number of rotatable bonds is 6. The van der Waals surface area contributed by atoms with Crippen LogP contribution in [0.25, 0.3) is 0 Å². The van der Waals surface area contributed by atoms with Crippen molar-refractivity contribution in [3.63, 3.8) is 0 Å². The first kappa shape index (κ1) is 18.1. The molecule has 1 rings (SSSR count). The zero-order chi connectivity index (χ0) is 16.5. The zero-order valence-corrected chi connectivity index (χ0v) is 14.1. The van der Waals surface area contributed by atoms with E-state index in [2.05, 4.69) is 17.6 Å². The summed E-state index contributed by atoms with van der Waals surface area (Å²) in [4.78, 5) is 24.6. The van der Waals surface area contributed by atoms with Crippen molar-refractivity contribution >= 4 is 40.5 Å². The highest BCUT2D eigenvalue weighted by molar-refractivity contribution is 7.80. The van der Waals surface area contributed by atoms with Crippen LogP contribution in [0.4, 0.5) is 11.4 Å². The Balaban J connectivity index is 2.56. The van der Waals surface area contributed by atoms with E-state index >= 15 is 0 Å². The molecule has 0 spiro atoms. The predicted molar refractivity (Wildman–Crippen MR) is 94.0 cm³/mol. The molecular weight excluding hydrogens is 298 g/mol. The van der Waals surface area contributed by atoms with Crippen LogP contribution in [-0.2, 0) is 9.59 Å². The van der Waals surface area contributed by atoms with Gasteiger partial charge in [0.1, 0.15) is 0 Å². The normalized spacial score (nSPS) is 9.95. The molecule has 0 saturated heterocycles. The standard InChI is InChI=1S/C16H23N3O2S/c1-4-5-6-10-15(21)18-16(22)17-13-8-7-9-14(11-13)19(3)12(2)20/h7-9,11H,4-6,10H2,1-3H3,(H2,17,18,21,22). The molecule has 0 saturated carbocycles. The van der Waals surface area contributed by atoms with Crippen LogP contribution in [-0.4, -0.2) is 24.0 Å². The van der Waals surface area contributed by atoms with Gasteiger partial charge in [-0.2, -0.15) is 0 Å². The van der Waals surface area contributed by atoms with E-state index in [1.54, 1.807) is 13.1 Å². The van der Waals surface area contributed by atoms with Crippen LogP contribution in [0.5, 0.6) is 0 Å². The molecule has 6 heteroatoms. The molecule has 0 heterocycles. The number of benzene rings is 1. The van der Waals surface area contributed by atoms with Crippen LogP contribution in [0.1, 0.15) is 39.5 Å². The Morgan fingerprint density at radius 2 is 2.00 bits per heavy atom. The zero-order valence-electron chi connectivity index (χ0n) is 13.3. The van der Waals surface area contributed by atoms with Gasteiger partial charge in [0.15, 0.2) is 5.11 Å². The third-order valence-electron chi connectivity index (χ3n) is 3.22. The van der Waals surface area contributed by atoms with Gasteiger partial charge in [0.2, 0.25) is 11.8 Å². The predicted octanol–water partition coefficient (Wildman–Crippen LogP) is 3.06. The van der Waals surface area contributed by atoms with Gasteiger partial charge in [-0.05, 0) is 36.8 Å². The highest BCUT2D eigenvalue weighted by Gasteiger charge is 2.08. The first-order valence-corrected chi connectivity index (χ1v) is 7.80. The van der Waals surface area contributed by atoms with E-state index in [4.69, 9.17) is 12.2 Å². The molecule has 2 amide bonds. The summed E-state index contributed by atoms with van der Waals surface area (Å²) in [5.41, 5.74) is 1.49. The average molecular weight is 321 g/mol. The van der Waals surface area contributed by atoms with Crippen LogP contribution in [0.2, 0.25) is 0 Å². The van der Waals surface area contributed by atoms with Gasteiger partial charge < -0.3 is 15.5 Å². The van der Waals surface area contributed by atoms with Crippen LogP contribution in [0.15, 0.2) is 24.3 Å². The van der Waals surface area contributed by atoms with Crippen molar-refractivity contribution in [2.45, 2.75) is 39.5 Å². The molecule has 0 aliphatic rings. The Bertz CT molecular complexity index is 546. The molecular formula is C16H23N3O2S. The summed E-state index contributed by atoms with van der Waals surface area (Å²) in [5.74, 6) is -0.132. The van der Waals surface area contributed by atoms with Crippen molar-refractivity contribution in [2.24, 2.45) is 0 Å². The number of unbranched alkanes of at least 4 members (excludes halogenated alkanes) is 2. The third kappa shape index (κ3) is 6.22. The summed E-state index contributed by atoms with van der Waals surface area (Å²) in [6.45, 7) is 3.59. The molecule has 0 bridgehead atoms. The van der Waals surface area contributed by atoms with Gasteiger partial charge in [0, 0.05) is 31.8 Å². The fourth-order valence-electron chi connectivity index (χ4n) is 1.86. The first-order chi connectivity index (χ1) is 10.4. The van der Waals surface area contributed by atoms with Crippen LogP contribution in [0, 0.1) is 0 Å². The summed E-state index contributed by atoms with van der Waals surface area (Å²) >= 11 is 5.13. The lowest BCUT2D eigenvalue weighted by Gasteiger charge is -2.16. The van der Waals surface area contributed by atoms with Crippen molar-refractivity contribution in [1.29, 1.82) is 0 Å². The number of hydrogen-bond donors (Lipinski definition) is 2.